The Morgan fingerprint density at radius 2 is 2.00 bits per heavy atom. The molecule has 98 valence electrons. The van der Waals surface area contributed by atoms with Crippen LogP contribution in [0.2, 0.25) is 0 Å². The Morgan fingerprint density at radius 3 is 2.63 bits per heavy atom. The number of nitrogen functional groups attached to an aromatic ring is 1. The Kier molecular flexibility index (Phi) is 3.75. The van der Waals surface area contributed by atoms with Crippen molar-refractivity contribution in [3.05, 3.63) is 59.7 Å². The topological polar surface area (TPSA) is 66.0 Å². The molecule has 0 spiro atoms. The molecule has 1 aromatic carbocycles. The van der Waals surface area contributed by atoms with Crippen molar-refractivity contribution in [1.82, 2.24) is 4.98 Å². The third-order valence-corrected chi connectivity index (χ3v) is 2.83. The summed E-state index contributed by atoms with van der Waals surface area (Å²) in [6.45, 7) is 0.590. The van der Waals surface area contributed by atoms with E-state index < -0.39 is 0 Å². The van der Waals surface area contributed by atoms with Gasteiger partial charge in [-0.2, -0.15) is 0 Å². The number of rotatable bonds is 4. The average molecular weight is 258 g/mol. The van der Waals surface area contributed by atoms with Gasteiger partial charge in [-0.3, -0.25) is 10.4 Å². The minimum atomic E-state index is -0.253. The molecule has 0 saturated heterocycles. The summed E-state index contributed by atoms with van der Waals surface area (Å²) in [5.74, 6) is -0.249. The third kappa shape index (κ3) is 3.07. The highest BCUT2D eigenvalue weighted by Gasteiger charge is 2.10. The van der Waals surface area contributed by atoms with Gasteiger partial charge in [0.15, 0.2) is 0 Å². The Labute approximate surface area is 111 Å². The van der Waals surface area contributed by atoms with E-state index in [-0.39, 0.29) is 11.7 Å². The molecule has 1 heterocycles. The highest BCUT2D eigenvalue weighted by Crippen LogP contribution is 2.19. The molecule has 0 saturated carbocycles. The summed E-state index contributed by atoms with van der Waals surface area (Å²) < 4.78 is 12.8. The fourth-order valence-corrected chi connectivity index (χ4v) is 1.87. The largest absolute Gasteiger partial charge is 0.384 e. The molecule has 0 amide bonds. The van der Waals surface area contributed by atoms with Crippen LogP contribution in [0.5, 0.6) is 0 Å². The van der Waals surface area contributed by atoms with Crippen LogP contribution < -0.4 is 10.6 Å². The van der Waals surface area contributed by atoms with Crippen molar-refractivity contribution in [2.24, 2.45) is 5.73 Å². The number of nitrogens with zero attached hydrogens (tertiary/aromatic N) is 2. The van der Waals surface area contributed by atoms with Gasteiger partial charge in [0, 0.05) is 25.4 Å². The molecule has 0 aliphatic rings. The molecule has 0 fully saturated rings. The van der Waals surface area contributed by atoms with E-state index in [0.717, 1.165) is 11.3 Å². The molecule has 0 unspecified atom stereocenters. The maximum absolute atomic E-state index is 12.8. The van der Waals surface area contributed by atoms with Gasteiger partial charge in [-0.15, -0.1) is 0 Å². The van der Waals surface area contributed by atoms with E-state index in [0.29, 0.717) is 12.1 Å². The number of halogens is 1. The number of amidine groups is 1. The maximum atomic E-state index is 12.8. The summed E-state index contributed by atoms with van der Waals surface area (Å²) in [6.07, 6.45) is 3.27. The van der Waals surface area contributed by atoms with Crippen LogP contribution in [0.25, 0.3) is 0 Å². The highest BCUT2D eigenvalue weighted by atomic mass is 19.1. The normalized spacial score (nSPS) is 10.2. The zero-order valence-corrected chi connectivity index (χ0v) is 10.6. The van der Waals surface area contributed by atoms with Crippen molar-refractivity contribution in [2.45, 2.75) is 6.54 Å². The van der Waals surface area contributed by atoms with E-state index in [1.54, 1.807) is 30.6 Å². The van der Waals surface area contributed by atoms with Gasteiger partial charge in [0.25, 0.3) is 0 Å². The molecule has 2 rings (SSSR count). The van der Waals surface area contributed by atoms with Crippen molar-refractivity contribution in [1.29, 1.82) is 5.41 Å². The molecular formula is C14H15FN4. The number of aromatic nitrogens is 1. The van der Waals surface area contributed by atoms with E-state index in [2.05, 4.69) is 4.98 Å². The first-order valence-corrected chi connectivity index (χ1v) is 5.82. The number of nitrogens with one attached hydrogen (secondary N) is 1. The minimum Gasteiger partial charge on any atom is -0.384 e. The second-order valence-electron chi connectivity index (χ2n) is 4.29. The highest BCUT2D eigenvalue weighted by molar-refractivity contribution is 6.00. The molecule has 0 aliphatic heterocycles. The quantitative estimate of drug-likeness (QED) is 0.652. The Morgan fingerprint density at radius 1 is 1.32 bits per heavy atom. The predicted molar refractivity (Wildman–Crippen MR) is 73.8 cm³/mol. The number of pyridine rings is 1. The van der Waals surface area contributed by atoms with Crippen molar-refractivity contribution in [3.63, 3.8) is 0 Å². The van der Waals surface area contributed by atoms with E-state index >= 15 is 0 Å². The van der Waals surface area contributed by atoms with Crippen molar-refractivity contribution in [2.75, 3.05) is 11.9 Å². The molecule has 0 bridgehead atoms. The predicted octanol–water partition coefficient (Wildman–Crippen LogP) is 2.14. The lowest BCUT2D eigenvalue weighted by molar-refractivity contribution is 0.627. The van der Waals surface area contributed by atoms with Crippen LogP contribution in [0.15, 0.2) is 42.7 Å². The summed E-state index contributed by atoms with van der Waals surface area (Å²) in [7, 11) is 1.88. The first-order valence-electron chi connectivity index (χ1n) is 5.82. The fraction of sp³-hybridized carbons (Fsp3) is 0.143. The summed E-state index contributed by atoms with van der Waals surface area (Å²) in [5, 5.41) is 7.55. The first kappa shape index (κ1) is 13.0. The molecule has 19 heavy (non-hydrogen) atoms. The van der Waals surface area contributed by atoms with Gasteiger partial charge in [0.1, 0.15) is 11.7 Å². The summed E-state index contributed by atoms with van der Waals surface area (Å²) >= 11 is 0. The Bertz CT molecular complexity index is 580. The molecule has 1 aromatic heterocycles. The van der Waals surface area contributed by atoms with Crippen molar-refractivity contribution in [3.8, 4) is 0 Å². The Balaban J connectivity index is 2.22. The second-order valence-corrected chi connectivity index (χ2v) is 4.29. The fourth-order valence-electron chi connectivity index (χ4n) is 1.87. The van der Waals surface area contributed by atoms with Crippen LogP contribution >= 0.6 is 0 Å². The lowest BCUT2D eigenvalue weighted by atomic mass is 10.1. The van der Waals surface area contributed by atoms with E-state index in [9.17, 15) is 4.39 Å². The Hall–Kier alpha value is -2.43. The second kappa shape index (κ2) is 5.48. The third-order valence-electron chi connectivity index (χ3n) is 2.83. The molecular weight excluding hydrogens is 243 g/mol. The summed E-state index contributed by atoms with van der Waals surface area (Å²) in [4.78, 5) is 5.98. The van der Waals surface area contributed by atoms with E-state index in [1.165, 1.54) is 12.1 Å². The number of hydrogen-bond acceptors (Lipinski definition) is 3. The molecule has 3 N–H and O–H groups in total. The van der Waals surface area contributed by atoms with Gasteiger partial charge >= 0.3 is 0 Å². The van der Waals surface area contributed by atoms with Gasteiger partial charge in [0.2, 0.25) is 0 Å². The summed E-state index contributed by atoms with van der Waals surface area (Å²) in [6, 6.07) is 8.03. The minimum absolute atomic E-state index is 0.00311. The lowest BCUT2D eigenvalue weighted by Crippen LogP contribution is -2.22. The van der Waals surface area contributed by atoms with Crippen LogP contribution in [0, 0.1) is 11.2 Å². The van der Waals surface area contributed by atoms with Gasteiger partial charge in [-0.05, 0) is 23.8 Å². The molecule has 5 heteroatoms. The first-order chi connectivity index (χ1) is 9.08. The molecule has 0 aliphatic carbocycles. The van der Waals surface area contributed by atoms with Crippen molar-refractivity contribution < 1.29 is 4.39 Å². The van der Waals surface area contributed by atoms with Gasteiger partial charge in [-0.1, -0.05) is 12.1 Å². The zero-order valence-electron chi connectivity index (χ0n) is 10.6. The average Bonchev–Trinajstić information content (AvgIpc) is 2.41. The van der Waals surface area contributed by atoms with Crippen LogP contribution in [0.3, 0.4) is 0 Å². The molecule has 2 aromatic rings. The maximum Gasteiger partial charge on any atom is 0.125 e. The van der Waals surface area contributed by atoms with Crippen LogP contribution in [-0.2, 0) is 6.54 Å². The van der Waals surface area contributed by atoms with Gasteiger partial charge < -0.3 is 10.6 Å². The van der Waals surface area contributed by atoms with E-state index in [1.807, 2.05) is 11.9 Å². The number of hydrogen-bond donors (Lipinski definition) is 2. The smallest absolute Gasteiger partial charge is 0.125 e. The van der Waals surface area contributed by atoms with Crippen LogP contribution in [-0.4, -0.2) is 17.9 Å². The van der Waals surface area contributed by atoms with Crippen molar-refractivity contribution >= 4 is 11.5 Å². The van der Waals surface area contributed by atoms with E-state index in [4.69, 9.17) is 11.1 Å². The number of benzene rings is 1. The molecule has 0 radical (unpaired) electrons. The number of nitrogens with two attached hydrogens (primary N) is 1. The van der Waals surface area contributed by atoms with Gasteiger partial charge in [-0.25, -0.2) is 4.39 Å². The lowest BCUT2D eigenvalue weighted by Gasteiger charge is -2.21. The SMILES string of the molecule is CN(Cc1ccc(F)cc1)c1cnccc1C(=N)N. The summed E-state index contributed by atoms with van der Waals surface area (Å²) in [5.41, 5.74) is 7.93. The molecule has 0 atom stereocenters. The van der Waals surface area contributed by atoms with Gasteiger partial charge in [0.05, 0.1) is 11.9 Å². The monoisotopic (exact) mass is 258 g/mol. The molecule has 4 nitrogen and oxygen atoms in total. The number of anilines is 1. The van der Waals surface area contributed by atoms with Crippen LogP contribution in [0.4, 0.5) is 10.1 Å². The zero-order chi connectivity index (χ0) is 13.8. The van der Waals surface area contributed by atoms with Crippen LogP contribution in [0.1, 0.15) is 11.1 Å². The standard InChI is InChI=1S/C14H15FN4/c1-19(9-10-2-4-11(15)5-3-10)13-8-18-7-6-12(13)14(16)17/h2-8H,9H2,1H3,(H3,16,17).